The Kier molecular flexibility index (Phi) is 3.50. The highest BCUT2D eigenvalue weighted by Crippen LogP contribution is 2.10. The van der Waals surface area contributed by atoms with Gasteiger partial charge in [-0.1, -0.05) is 24.3 Å². The third-order valence-corrected chi connectivity index (χ3v) is 2.61. The van der Waals surface area contributed by atoms with Crippen LogP contribution in [-0.4, -0.2) is 13.0 Å². The third kappa shape index (κ3) is 2.91. The lowest BCUT2D eigenvalue weighted by Gasteiger charge is -2.15. The van der Waals surface area contributed by atoms with Crippen molar-refractivity contribution in [2.24, 2.45) is 0 Å². The van der Waals surface area contributed by atoms with Crippen LogP contribution in [-0.2, 0) is 11.3 Å². The number of benzene rings is 1. The fraction of sp³-hybridized carbons (Fsp3) is 0.143. The minimum absolute atomic E-state index is 0.0624. The molecule has 1 aromatic carbocycles. The van der Waals surface area contributed by atoms with Crippen LogP contribution in [0.2, 0.25) is 0 Å². The van der Waals surface area contributed by atoms with E-state index in [1.165, 1.54) is 0 Å². The lowest BCUT2D eigenvalue weighted by Crippen LogP contribution is -2.43. The van der Waals surface area contributed by atoms with E-state index in [-0.39, 0.29) is 5.91 Å². The van der Waals surface area contributed by atoms with Crippen molar-refractivity contribution >= 4 is 11.6 Å². The maximum absolute atomic E-state index is 12.0. The van der Waals surface area contributed by atoms with Gasteiger partial charge in [-0.2, -0.15) is 4.57 Å². The van der Waals surface area contributed by atoms with Crippen LogP contribution in [0.5, 0.6) is 0 Å². The van der Waals surface area contributed by atoms with E-state index in [0.717, 1.165) is 5.69 Å². The van der Waals surface area contributed by atoms with Gasteiger partial charge in [0.25, 0.3) is 5.91 Å². The zero-order valence-corrected chi connectivity index (χ0v) is 9.78. The van der Waals surface area contributed by atoms with Gasteiger partial charge in [-0.3, -0.25) is 4.79 Å². The number of para-hydroxylation sites is 1. The van der Waals surface area contributed by atoms with E-state index >= 15 is 0 Å². The number of pyridine rings is 1. The van der Waals surface area contributed by atoms with E-state index in [0.29, 0.717) is 6.54 Å². The quantitative estimate of drug-likeness (QED) is 0.731. The van der Waals surface area contributed by atoms with Crippen molar-refractivity contribution in [1.82, 2.24) is 0 Å². The molecular weight excluding hydrogens is 212 g/mol. The van der Waals surface area contributed by atoms with Gasteiger partial charge in [0.05, 0.1) is 0 Å². The van der Waals surface area contributed by atoms with E-state index < -0.39 is 0 Å². The Bertz CT molecular complexity index is 482. The number of aromatic nitrogens is 1. The van der Waals surface area contributed by atoms with E-state index in [4.69, 9.17) is 0 Å². The van der Waals surface area contributed by atoms with Gasteiger partial charge in [0.2, 0.25) is 6.54 Å². The first-order valence-electron chi connectivity index (χ1n) is 5.53. The molecule has 1 amide bonds. The second kappa shape index (κ2) is 5.25. The number of rotatable bonds is 3. The molecule has 86 valence electrons. The molecule has 3 heteroatoms. The number of hydrogen-bond acceptors (Lipinski definition) is 1. The number of carbonyl (C=O) groups is 1. The third-order valence-electron chi connectivity index (χ3n) is 2.61. The smallest absolute Gasteiger partial charge is 0.292 e. The first kappa shape index (κ1) is 11.3. The summed E-state index contributed by atoms with van der Waals surface area (Å²) in [5.41, 5.74) is 0.911. The number of hydrogen-bond donors (Lipinski definition) is 0. The largest absolute Gasteiger partial charge is 0.310 e. The van der Waals surface area contributed by atoms with E-state index in [2.05, 4.69) is 0 Å². The minimum Gasteiger partial charge on any atom is -0.310 e. The van der Waals surface area contributed by atoms with Crippen molar-refractivity contribution in [3.05, 3.63) is 60.9 Å². The zero-order valence-electron chi connectivity index (χ0n) is 9.78. The molecule has 0 atom stereocenters. The van der Waals surface area contributed by atoms with Gasteiger partial charge in [0.1, 0.15) is 0 Å². The van der Waals surface area contributed by atoms with Crippen LogP contribution in [0, 0.1) is 0 Å². The van der Waals surface area contributed by atoms with Crippen molar-refractivity contribution in [3.63, 3.8) is 0 Å². The van der Waals surface area contributed by atoms with E-state index in [1.807, 2.05) is 65.5 Å². The average Bonchev–Trinajstić information content (AvgIpc) is 2.40. The monoisotopic (exact) mass is 227 g/mol. The fourth-order valence-electron chi connectivity index (χ4n) is 1.60. The molecule has 17 heavy (non-hydrogen) atoms. The van der Waals surface area contributed by atoms with Crippen LogP contribution in [0.15, 0.2) is 60.9 Å². The Morgan fingerprint density at radius 2 is 1.65 bits per heavy atom. The summed E-state index contributed by atoms with van der Waals surface area (Å²) in [5.74, 6) is 0.0624. The summed E-state index contributed by atoms with van der Waals surface area (Å²) in [6, 6.07) is 15.4. The molecule has 3 nitrogen and oxygen atoms in total. The van der Waals surface area contributed by atoms with Crippen LogP contribution >= 0.6 is 0 Å². The molecule has 0 aliphatic rings. The van der Waals surface area contributed by atoms with Gasteiger partial charge < -0.3 is 4.90 Å². The van der Waals surface area contributed by atoms with Crippen LogP contribution < -0.4 is 9.47 Å². The SMILES string of the molecule is CN(C(=O)C[n+]1ccccc1)c1ccccc1. The topological polar surface area (TPSA) is 24.2 Å². The van der Waals surface area contributed by atoms with Crippen molar-refractivity contribution in [3.8, 4) is 0 Å². The molecule has 0 fully saturated rings. The Labute approximate surface area is 101 Å². The van der Waals surface area contributed by atoms with Crippen molar-refractivity contribution in [1.29, 1.82) is 0 Å². The molecule has 0 bridgehead atoms. The second-order valence-electron chi connectivity index (χ2n) is 3.84. The summed E-state index contributed by atoms with van der Waals surface area (Å²) in [6.07, 6.45) is 3.77. The highest BCUT2D eigenvalue weighted by molar-refractivity contribution is 5.91. The molecule has 0 N–H and O–H groups in total. The molecule has 2 aromatic rings. The molecule has 0 radical (unpaired) electrons. The predicted octanol–water partition coefficient (Wildman–Crippen LogP) is 1.64. The molecule has 0 aliphatic carbocycles. The molecule has 1 heterocycles. The standard InChI is InChI=1S/C14H15N2O/c1-15(13-8-4-2-5-9-13)14(17)12-16-10-6-3-7-11-16/h2-11H,12H2,1H3/q+1. The van der Waals surface area contributed by atoms with Gasteiger partial charge in [-0.25, -0.2) is 0 Å². The van der Waals surface area contributed by atoms with Crippen molar-refractivity contribution in [2.45, 2.75) is 6.54 Å². The van der Waals surface area contributed by atoms with E-state index in [1.54, 1.807) is 11.9 Å². The number of anilines is 1. The zero-order chi connectivity index (χ0) is 12.1. The van der Waals surface area contributed by atoms with Crippen molar-refractivity contribution in [2.75, 3.05) is 11.9 Å². The maximum Gasteiger partial charge on any atom is 0.292 e. The first-order valence-corrected chi connectivity index (χ1v) is 5.53. The molecule has 0 aliphatic heterocycles. The Morgan fingerprint density at radius 1 is 1.06 bits per heavy atom. The normalized spacial score (nSPS) is 9.94. The Morgan fingerprint density at radius 3 is 2.29 bits per heavy atom. The summed E-state index contributed by atoms with van der Waals surface area (Å²) in [7, 11) is 1.79. The molecule has 2 rings (SSSR count). The molecule has 1 aromatic heterocycles. The number of nitrogens with zero attached hydrogens (tertiary/aromatic N) is 2. The molecule has 0 saturated carbocycles. The highest BCUT2D eigenvalue weighted by atomic mass is 16.2. The Balaban J connectivity index is 2.06. The second-order valence-corrected chi connectivity index (χ2v) is 3.84. The summed E-state index contributed by atoms with van der Waals surface area (Å²) >= 11 is 0. The predicted molar refractivity (Wildman–Crippen MR) is 66.5 cm³/mol. The molecule has 0 unspecified atom stereocenters. The van der Waals surface area contributed by atoms with Crippen LogP contribution in [0.1, 0.15) is 0 Å². The lowest BCUT2D eigenvalue weighted by atomic mass is 10.3. The van der Waals surface area contributed by atoms with Crippen LogP contribution in [0.25, 0.3) is 0 Å². The number of likely N-dealkylation sites (N-methyl/N-ethyl adjacent to an activating group) is 1. The Hall–Kier alpha value is -2.16. The van der Waals surface area contributed by atoms with E-state index in [9.17, 15) is 4.79 Å². The first-order chi connectivity index (χ1) is 8.27. The van der Waals surface area contributed by atoms with Gasteiger partial charge >= 0.3 is 0 Å². The molecular formula is C14H15N2O+. The van der Waals surface area contributed by atoms with Gasteiger partial charge in [-0.05, 0) is 12.1 Å². The number of carbonyl (C=O) groups excluding carboxylic acids is 1. The highest BCUT2D eigenvalue weighted by Gasteiger charge is 2.14. The summed E-state index contributed by atoms with van der Waals surface area (Å²) in [5, 5.41) is 0. The van der Waals surface area contributed by atoms with Crippen LogP contribution in [0.3, 0.4) is 0 Å². The average molecular weight is 227 g/mol. The summed E-state index contributed by atoms with van der Waals surface area (Å²) in [4.78, 5) is 13.7. The summed E-state index contributed by atoms with van der Waals surface area (Å²) < 4.78 is 1.86. The fourth-order valence-corrected chi connectivity index (χ4v) is 1.60. The molecule has 0 saturated heterocycles. The number of amides is 1. The maximum atomic E-state index is 12.0. The van der Waals surface area contributed by atoms with Gasteiger partial charge in [0.15, 0.2) is 12.4 Å². The van der Waals surface area contributed by atoms with Crippen molar-refractivity contribution < 1.29 is 9.36 Å². The minimum atomic E-state index is 0.0624. The molecule has 0 spiro atoms. The van der Waals surface area contributed by atoms with Gasteiger partial charge in [-0.15, -0.1) is 0 Å². The van der Waals surface area contributed by atoms with Crippen LogP contribution in [0.4, 0.5) is 5.69 Å². The lowest BCUT2D eigenvalue weighted by molar-refractivity contribution is -0.684. The summed E-state index contributed by atoms with van der Waals surface area (Å²) in [6.45, 7) is 0.353. The van der Waals surface area contributed by atoms with Gasteiger partial charge in [0, 0.05) is 24.9 Å².